The van der Waals surface area contributed by atoms with Gasteiger partial charge in [-0.3, -0.25) is 0 Å². The first-order valence-corrected chi connectivity index (χ1v) is 6.85. The van der Waals surface area contributed by atoms with Gasteiger partial charge in [-0.05, 0) is 34.5 Å². The average molecular weight is 297 g/mol. The molecular weight excluding hydrogens is 280 g/mol. The van der Waals surface area contributed by atoms with Crippen molar-refractivity contribution in [2.75, 3.05) is 6.61 Å². The fourth-order valence-corrected chi connectivity index (χ4v) is 2.35. The summed E-state index contributed by atoms with van der Waals surface area (Å²) in [5.74, 6) is 0. The standard InChI is InChI=1S/C11H11BrN2O.C2H6/c12-11-9-2-5-14(7-8-3-6-15-8)10(9)1-4-13-11;1-2/h1-2,4-5,8H,3,6-7H2;1-2H3. The van der Waals surface area contributed by atoms with Crippen molar-refractivity contribution in [2.24, 2.45) is 0 Å². The summed E-state index contributed by atoms with van der Waals surface area (Å²) in [7, 11) is 0. The minimum Gasteiger partial charge on any atom is -0.376 e. The van der Waals surface area contributed by atoms with Gasteiger partial charge in [0.1, 0.15) is 4.60 Å². The van der Waals surface area contributed by atoms with E-state index in [9.17, 15) is 0 Å². The van der Waals surface area contributed by atoms with E-state index in [2.05, 4.69) is 37.7 Å². The van der Waals surface area contributed by atoms with Gasteiger partial charge in [-0.25, -0.2) is 4.98 Å². The zero-order valence-corrected chi connectivity index (χ0v) is 11.8. The Morgan fingerprint density at radius 1 is 1.47 bits per heavy atom. The van der Waals surface area contributed by atoms with E-state index in [1.165, 1.54) is 11.9 Å². The summed E-state index contributed by atoms with van der Waals surface area (Å²) >= 11 is 3.45. The van der Waals surface area contributed by atoms with E-state index in [1.54, 1.807) is 0 Å². The van der Waals surface area contributed by atoms with E-state index < -0.39 is 0 Å². The average Bonchev–Trinajstić information content (AvgIpc) is 2.71. The van der Waals surface area contributed by atoms with Crippen molar-refractivity contribution in [3.63, 3.8) is 0 Å². The third kappa shape index (κ3) is 2.53. The molecule has 92 valence electrons. The lowest BCUT2D eigenvalue weighted by Crippen LogP contribution is -2.30. The molecule has 3 rings (SSSR count). The van der Waals surface area contributed by atoms with Gasteiger partial charge >= 0.3 is 0 Å². The molecule has 0 spiro atoms. The summed E-state index contributed by atoms with van der Waals surface area (Å²) < 4.78 is 8.57. The van der Waals surface area contributed by atoms with Crippen LogP contribution in [0.15, 0.2) is 29.1 Å². The highest BCUT2D eigenvalue weighted by molar-refractivity contribution is 9.10. The Bertz CT molecular complexity index is 491. The second kappa shape index (κ2) is 5.65. The monoisotopic (exact) mass is 296 g/mol. The Morgan fingerprint density at radius 2 is 2.24 bits per heavy atom. The lowest BCUT2D eigenvalue weighted by molar-refractivity contribution is -0.0586. The fraction of sp³-hybridized carbons (Fsp3) is 0.462. The topological polar surface area (TPSA) is 27.1 Å². The quantitative estimate of drug-likeness (QED) is 0.792. The van der Waals surface area contributed by atoms with Gasteiger partial charge in [0.15, 0.2) is 0 Å². The summed E-state index contributed by atoms with van der Waals surface area (Å²) in [6.45, 7) is 5.86. The predicted octanol–water partition coefficient (Wildman–Crippen LogP) is 3.61. The van der Waals surface area contributed by atoms with Crippen molar-refractivity contribution >= 4 is 26.8 Å². The molecule has 1 aliphatic rings. The molecule has 1 unspecified atom stereocenters. The molecule has 17 heavy (non-hydrogen) atoms. The van der Waals surface area contributed by atoms with Gasteiger partial charge < -0.3 is 9.30 Å². The molecule has 4 heteroatoms. The Labute approximate surface area is 110 Å². The number of hydrogen-bond donors (Lipinski definition) is 0. The van der Waals surface area contributed by atoms with E-state index >= 15 is 0 Å². The highest BCUT2D eigenvalue weighted by atomic mass is 79.9. The van der Waals surface area contributed by atoms with Crippen LogP contribution in [0.1, 0.15) is 20.3 Å². The Kier molecular flexibility index (Phi) is 4.18. The molecule has 1 saturated heterocycles. The highest BCUT2D eigenvalue weighted by Gasteiger charge is 2.19. The normalized spacial score (nSPS) is 18.4. The SMILES string of the molecule is Brc1nccc2c1ccn2CC1CCO1.CC. The van der Waals surface area contributed by atoms with Crippen LogP contribution in [-0.4, -0.2) is 22.3 Å². The molecule has 0 aromatic carbocycles. The van der Waals surface area contributed by atoms with Crippen LogP contribution in [0.3, 0.4) is 0 Å². The van der Waals surface area contributed by atoms with Crippen molar-refractivity contribution in [3.05, 3.63) is 29.1 Å². The predicted molar refractivity (Wildman–Crippen MR) is 73.1 cm³/mol. The van der Waals surface area contributed by atoms with Crippen LogP contribution in [0.2, 0.25) is 0 Å². The van der Waals surface area contributed by atoms with Crippen molar-refractivity contribution < 1.29 is 4.74 Å². The zero-order valence-electron chi connectivity index (χ0n) is 10.2. The maximum atomic E-state index is 5.44. The van der Waals surface area contributed by atoms with E-state index in [-0.39, 0.29) is 0 Å². The smallest absolute Gasteiger partial charge is 0.115 e. The van der Waals surface area contributed by atoms with Crippen molar-refractivity contribution in [3.8, 4) is 0 Å². The van der Waals surface area contributed by atoms with Gasteiger partial charge in [-0.15, -0.1) is 0 Å². The molecule has 3 heterocycles. The van der Waals surface area contributed by atoms with Crippen molar-refractivity contribution in [1.82, 2.24) is 9.55 Å². The molecule has 1 aliphatic heterocycles. The highest BCUT2D eigenvalue weighted by Crippen LogP contribution is 2.24. The van der Waals surface area contributed by atoms with Crippen LogP contribution in [0.25, 0.3) is 10.9 Å². The van der Waals surface area contributed by atoms with E-state index in [0.29, 0.717) is 6.10 Å². The first-order chi connectivity index (χ1) is 8.34. The van der Waals surface area contributed by atoms with E-state index in [4.69, 9.17) is 4.74 Å². The maximum Gasteiger partial charge on any atom is 0.115 e. The lowest BCUT2D eigenvalue weighted by atomic mass is 10.2. The number of rotatable bonds is 2. The second-order valence-electron chi connectivity index (χ2n) is 3.78. The van der Waals surface area contributed by atoms with Crippen LogP contribution in [0, 0.1) is 0 Å². The molecule has 1 fully saturated rings. The first-order valence-electron chi connectivity index (χ1n) is 6.05. The Hall–Kier alpha value is -0.870. The van der Waals surface area contributed by atoms with Crippen LogP contribution >= 0.6 is 15.9 Å². The lowest BCUT2D eigenvalue weighted by Gasteiger charge is -2.27. The summed E-state index contributed by atoms with van der Waals surface area (Å²) in [5.41, 5.74) is 1.22. The molecule has 0 N–H and O–H groups in total. The van der Waals surface area contributed by atoms with Crippen LogP contribution in [0.4, 0.5) is 0 Å². The van der Waals surface area contributed by atoms with Gasteiger partial charge in [-0.2, -0.15) is 0 Å². The van der Waals surface area contributed by atoms with Crippen LogP contribution in [-0.2, 0) is 11.3 Å². The Balaban J connectivity index is 0.000000514. The number of ether oxygens (including phenoxy) is 1. The minimum absolute atomic E-state index is 0.396. The fourth-order valence-electron chi connectivity index (χ4n) is 1.89. The minimum atomic E-state index is 0.396. The molecule has 0 saturated carbocycles. The Morgan fingerprint density at radius 3 is 2.88 bits per heavy atom. The summed E-state index contributed by atoms with van der Waals surface area (Å²) in [4.78, 5) is 4.21. The zero-order chi connectivity index (χ0) is 12.3. The largest absolute Gasteiger partial charge is 0.376 e. The van der Waals surface area contributed by atoms with Crippen LogP contribution < -0.4 is 0 Å². The summed E-state index contributed by atoms with van der Waals surface area (Å²) in [5, 5.41) is 1.16. The molecule has 0 amide bonds. The molecule has 2 aromatic rings. The number of halogens is 1. The van der Waals surface area contributed by atoms with E-state index in [1.807, 2.05) is 26.1 Å². The third-order valence-electron chi connectivity index (χ3n) is 2.84. The van der Waals surface area contributed by atoms with E-state index in [0.717, 1.165) is 23.1 Å². The molecular formula is C13H17BrN2O. The number of hydrogen-bond acceptors (Lipinski definition) is 2. The van der Waals surface area contributed by atoms with Gasteiger partial charge in [0.25, 0.3) is 0 Å². The van der Waals surface area contributed by atoms with Gasteiger partial charge in [0.2, 0.25) is 0 Å². The maximum absolute atomic E-state index is 5.44. The van der Waals surface area contributed by atoms with Crippen molar-refractivity contribution in [2.45, 2.75) is 32.9 Å². The number of nitrogens with zero attached hydrogens (tertiary/aromatic N) is 2. The van der Waals surface area contributed by atoms with Gasteiger partial charge in [-0.1, -0.05) is 13.8 Å². The molecule has 1 atom stereocenters. The summed E-state index contributed by atoms with van der Waals surface area (Å²) in [6, 6.07) is 4.13. The van der Waals surface area contributed by atoms with Gasteiger partial charge in [0, 0.05) is 30.9 Å². The first kappa shape index (κ1) is 12.6. The van der Waals surface area contributed by atoms with Crippen molar-refractivity contribution in [1.29, 1.82) is 0 Å². The number of pyridine rings is 1. The molecule has 3 nitrogen and oxygen atoms in total. The molecule has 2 aromatic heterocycles. The molecule has 0 bridgehead atoms. The molecule has 0 radical (unpaired) electrons. The van der Waals surface area contributed by atoms with Crippen LogP contribution in [0.5, 0.6) is 0 Å². The second-order valence-corrected chi connectivity index (χ2v) is 4.54. The molecule has 0 aliphatic carbocycles. The summed E-state index contributed by atoms with van der Waals surface area (Å²) in [6.07, 6.45) is 5.49. The number of aromatic nitrogens is 2. The van der Waals surface area contributed by atoms with Gasteiger partial charge in [0.05, 0.1) is 11.6 Å². The number of fused-ring (bicyclic) bond motifs is 1. The third-order valence-corrected chi connectivity index (χ3v) is 3.47.